The number of benzene rings is 1. The third-order valence-electron chi connectivity index (χ3n) is 2.42. The molecule has 0 bridgehead atoms. The molecule has 0 saturated heterocycles. The molecular formula is C11H6BrFN2OS. The molecule has 0 saturated carbocycles. The van der Waals surface area contributed by atoms with Crippen molar-refractivity contribution in [3.63, 3.8) is 0 Å². The minimum Gasteiger partial charge on any atom is -0.305 e. The van der Waals surface area contributed by atoms with Gasteiger partial charge in [-0.05, 0) is 40.2 Å². The second kappa shape index (κ2) is 3.82. The molecule has 0 atom stereocenters. The molecule has 3 rings (SSSR count). The molecule has 0 unspecified atom stereocenters. The van der Waals surface area contributed by atoms with E-state index in [0.29, 0.717) is 11.0 Å². The van der Waals surface area contributed by atoms with Gasteiger partial charge in [0.2, 0.25) is 0 Å². The van der Waals surface area contributed by atoms with Gasteiger partial charge in [-0.25, -0.2) is 9.18 Å². The third-order valence-corrected chi connectivity index (χ3v) is 4.03. The fourth-order valence-electron chi connectivity index (χ4n) is 1.72. The highest BCUT2D eigenvalue weighted by molar-refractivity contribution is 9.11. The third kappa shape index (κ3) is 1.73. The van der Waals surface area contributed by atoms with E-state index in [1.807, 2.05) is 12.1 Å². The lowest BCUT2D eigenvalue weighted by Crippen LogP contribution is -2.13. The average molecular weight is 313 g/mol. The van der Waals surface area contributed by atoms with E-state index in [4.69, 9.17) is 0 Å². The van der Waals surface area contributed by atoms with Crippen LogP contribution in [0.2, 0.25) is 0 Å². The van der Waals surface area contributed by atoms with Gasteiger partial charge in [-0.2, -0.15) is 0 Å². The summed E-state index contributed by atoms with van der Waals surface area (Å²) in [4.78, 5) is 14.5. The van der Waals surface area contributed by atoms with Crippen LogP contribution in [-0.2, 0) is 0 Å². The van der Waals surface area contributed by atoms with Gasteiger partial charge in [-0.1, -0.05) is 0 Å². The quantitative estimate of drug-likeness (QED) is 0.735. The number of H-pyrrole nitrogens is 1. The van der Waals surface area contributed by atoms with Crippen LogP contribution in [0.15, 0.2) is 38.9 Å². The van der Waals surface area contributed by atoms with Crippen LogP contribution < -0.4 is 5.69 Å². The Morgan fingerprint density at radius 1 is 1.29 bits per heavy atom. The molecule has 6 heteroatoms. The van der Waals surface area contributed by atoms with Gasteiger partial charge in [-0.3, -0.25) is 4.57 Å². The Bertz CT molecular complexity index is 758. The molecule has 86 valence electrons. The van der Waals surface area contributed by atoms with E-state index in [9.17, 15) is 9.18 Å². The predicted molar refractivity (Wildman–Crippen MR) is 69.4 cm³/mol. The first-order chi connectivity index (χ1) is 8.15. The van der Waals surface area contributed by atoms with E-state index in [0.717, 1.165) is 8.79 Å². The van der Waals surface area contributed by atoms with Crippen molar-refractivity contribution in [2.75, 3.05) is 0 Å². The van der Waals surface area contributed by atoms with E-state index in [2.05, 4.69) is 20.9 Å². The van der Waals surface area contributed by atoms with Gasteiger partial charge < -0.3 is 4.98 Å². The molecule has 3 nitrogen and oxygen atoms in total. The summed E-state index contributed by atoms with van der Waals surface area (Å²) in [6, 6.07) is 7.90. The van der Waals surface area contributed by atoms with Crippen molar-refractivity contribution in [3.05, 3.63) is 50.4 Å². The maximum atomic E-state index is 13.2. The fraction of sp³-hybridized carbons (Fsp3) is 0. The Morgan fingerprint density at radius 2 is 2.12 bits per heavy atom. The van der Waals surface area contributed by atoms with Gasteiger partial charge in [0.15, 0.2) is 0 Å². The van der Waals surface area contributed by atoms with Gasteiger partial charge in [0, 0.05) is 6.07 Å². The van der Waals surface area contributed by atoms with E-state index >= 15 is 0 Å². The minimum absolute atomic E-state index is 0.264. The van der Waals surface area contributed by atoms with Crippen LogP contribution in [0, 0.1) is 5.82 Å². The number of aromatic nitrogens is 2. The maximum Gasteiger partial charge on any atom is 0.331 e. The van der Waals surface area contributed by atoms with Crippen molar-refractivity contribution < 1.29 is 4.39 Å². The Labute approximate surface area is 108 Å². The smallest absolute Gasteiger partial charge is 0.305 e. The molecule has 0 spiro atoms. The highest BCUT2D eigenvalue weighted by Gasteiger charge is 2.10. The largest absolute Gasteiger partial charge is 0.331 e. The molecule has 1 N–H and O–H groups in total. The van der Waals surface area contributed by atoms with Crippen LogP contribution in [0.1, 0.15) is 0 Å². The number of hydrogen-bond acceptors (Lipinski definition) is 2. The summed E-state index contributed by atoms with van der Waals surface area (Å²) in [5.41, 5.74) is 0.908. The second-order valence-electron chi connectivity index (χ2n) is 3.50. The highest BCUT2D eigenvalue weighted by Crippen LogP contribution is 2.26. The van der Waals surface area contributed by atoms with E-state index < -0.39 is 0 Å². The average Bonchev–Trinajstić information content (AvgIpc) is 2.81. The van der Waals surface area contributed by atoms with Gasteiger partial charge in [0.05, 0.1) is 14.8 Å². The zero-order valence-electron chi connectivity index (χ0n) is 8.41. The number of halogens is 2. The standard InChI is InChI=1S/C11H6BrFN2OS/c12-9-3-4-10(17-9)15-8-5-6(13)1-2-7(8)14-11(15)16/h1-5H,(H,14,16). The fourth-order valence-corrected chi connectivity index (χ4v) is 3.09. The SMILES string of the molecule is O=c1[nH]c2ccc(F)cc2n1-c1ccc(Br)s1. The number of aromatic amines is 1. The summed E-state index contributed by atoms with van der Waals surface area (Å²) in [5, 5.41) is 0.749. The van der Waals surface area contributed by atoms with Crippen LogP contribution in [0.5, 0.6) is 0 Å². The summed E-state index contributed by atoms with van der Waals surface area (Å²) < 4.78 is 15.6. The lowest BCUT2D eigenvalue weighted by Gasteiger charge is -1.98. The summed E-state index contributed by atoms with van der Waals surface area (Å²) in [6.07, 6.45) is 0. The molecule has 2 heterocycles. The second-order valence-corrected chi connectivity index (χ2v) is 5.95. The number of imidazole rings is 1. The van der Waals surface area contributed by atoms with Gasteiger partial charge in [-0.15, -0.1) is 11.3 Å². The van der Waals surface area contributed by atoms with Crippen molar-refractivity contribution >= 4 is 38.3 Å². The lowest BCUT2D eigenvalue weighted by atomic mass is 10.3. The normalized spacial score (nSPS) is 11.2. The molecule has 0 radical (unpaired) electrons. The van der Waals surface area contributed by atoms with Crippen molar-refractivity contribution in [3.8, 4) is 5.00 Å². The first kappa shape index (κ1) is 10.7. The van der Waals surface area contributed by atoms with E-state index in [-0.39, 0.29) is 11.5 Å². The Kier molecular flexibility index (Phi) is 2.41. The number of fused-ring (bicyclic) bond motifs is 1. The number of rotatable bonds is 1. The minimum atomic E-state index is -0.360. The van der Waals surface area contributed by atoms with Crippen molar-refractivity contribution in [2.24, 2.45) is 0 Å². The molecule has 0 aliphatic heterocycles. The first-order valence-corrected chi connectivity index (χ1v) is 6.42. The molecule has 0 aliphatic carbocycles. The van der Waals surface area contributed by atoms with E-state index in [1.54, 1.807) is 6.07 Å². The molecule has 3 aromatic rings. The van der Waals surface area contributed by atoms with Crippen LogP contribution in [-0.4, -0.2) is 9.55 Å². The topological polar surface area (TPSA) is 37.8 Å². The van der Waals surface area contributed by atoms with Crippen LogP contribution in [0.3, 0.4) is 0 Å². The summed E-state index contributed by atoms with van der Waals surface area (Å²) in [7, 11) is 0. The molecule has 0 aliphatic rings. The molecule has 1 aromatic carbocycles. The van der Waals surface area contributed by atoms with Crippen molar-refractivity contribution in [2.45, 2.75) is 0 Å². The summed E-state index contributed by atoms with van der Waals surface area (Å²) in [6.45, 7) is 0. The lowest BCUT2D eigenvalue weighted by molar-refractivity contribution is 0.629. The van der Waals surface area contributed by atoms with Crippen LogP contribution >= 0.6 is 27.3 Å². The van der Waals surface area contributed by atoms with Crippen molar-refractivity contribution in [1.82, 2.24) is 9.55 Å². The zero-order valence-corrected chi connectivity index (χ0v) is 10.8. The van der Waals surface area contributed by atoms with Gasteiger partial charge >= 0.3 is 5.69 Å². The number of hydrogen-bond donors (Lipinski definition) is 1. The number of nitrogens with one attached hydrogen (secondary N) is 1. The van der Waals surface area contributed by atoms with Gasteiger partial charge in [0.25, 0.3) is 0 Å². The highest BCUT2D eigenvalue weighted by atomic mass is 79.9. The van der Waals surface area contributed by atoms with Crippen molar-refractivity contribution in [1.29, 1.82) is 0 Å². The number of nitrogens with zero attached hydrogens (tertiary/aromatic N) is 1. The monoisotopic (exact) mass is 312 g/mol. The van der Waals surface area contributed by atoms with Gasteiger partial charge in [0.1, 0.15) is 10.8 Å². The van der Waals surface area contributed by atoms with Crippen LogP contribution in [0.4, 0.5) is 4.39 Å². The molecule has 17 heavy (non-hydrogen) atoms. The zero-order chi connectivity index (χ0) is 12.0. The number of thiophene rings is 1. The predicted octanol–water partition coefficient (Wildman–Crippen LogP) is 3.28. The molecular weight excluding hydrogens is 307 g/mol. The Hall–Kier alpha value is -1.40. The molecule has 0 amide bonds. The summed E-state index contributed by atoms with van der Waals surface area (Å²) in [5.74, 6) is -0.360. The Morgan fingerprint density at radius 3 is 2.82 bits per heavy atom. The maximum absolute atomic E-state index is 13.2. The molecule has 2 aromatic heterocycles. The van der Waals surface area contributed by atoms with Crippen LogP contribution in [0.25, 0.3) is 16.0 Å². The first-order valence-electron chi connectivity index (χ1n) is 4.81. The Balaban J connectivity index is 2.39. The van der Waals surface area contributed by atoms with E-state index in [1.165, 1.54) is 28.0 Å². The summed E-state index contributed by atoms with van der Waals surface area (Å²) >= 11 is 4.76. The molecule has 0 fully saturated rings.